The number of para-hydroxylation sites is 1. The fourth-order valence-electron chi connectivity index (χ4n) is 10.6. The van der Waals surface area contributed by atoms with Crippen LogP contribution in [0.4, 0.5) is 17.1 Å². The Balaban J connectivity index is 1.00. The summed E-state index contributed by atoms with van der Waals surface area (Å²) in [6, 6.07) is 73.6. The Hall–Kier alpha value is -7.42. The third-order valence-corrected chi connectivity index (χ3v) is 13.9. The Kier molecular flexibility index (Phi) is 7.96. The summed E-state index contributed by atoms with van der Waals surface area (Å²) in [6.07, 6.45) is 0. The summed E-state index contributed by atoms with van der Waals surface area (Å²) in [7, 11) is 0. The molecule has 12 rings (SSSR count). The molecule has 2 nitrogen and oxygen atoms in total. The Bertz CT molecular complexity index is 3390. The van der Waals surface area contributed by atoms with Gasteiger partial charge in [0.15, 0.2) is 0 Å². The lowest BCUT2D eigenvalue weighted by atomic mass is 9.81. The van der Waals surface area contributed by atoms with Gasteiger partial charge in [-0.2, -0.15) is 0 Å². The van der Waals surface area contributed by atoms with Crippen molar-refractivity contribution in [2.75, 3.05) is 4.90 Å². The maximum Gasteiger partial charge on any atom is 0.136 e. The van der Waals surface area contributed by atoms with Gasteiger partial charge in [-0.15, -0.1) is 0 Å². The van der Waals surface area contributed by atoms with Crippen LogP contribution in [0.1, 0.15) is 49.9 Å². The maximum absolute atomic E-state index is 6.54. The number of fused-ring (bicyclic) bond motifs is 9. The SMILES string of the molecule is CC1(C)c2ccccc2-c2ccc(-c3cc4c(cc3-c3ccc(N(c5ccc(-c6ccccc6)cc5)c5ccc6c(c5)C(C)(C)c5ccccc5-6)cc3)oc3ccccc34)cc21. The van der Waals surface area contributed by atoms with Gasteiger partial charge in [-0.1, -0.05) is 167 Å². The van der Waals surface area contributed by atoms with Crippen molar-refractivity contribution >= 4 is 39.0 Å². The molecule has 296 valence electrons. The lowest BCUT2D eigenvalue weighted by molar-refractivity contribution is 0.660. The molecule has 62 heavy (non-hydrogen) atoms. The molecule has 0 saturated carbocycles. The quantitative estimate of drug-likeness (QED) is 0.167. The molecule has 0 amide bonds. The molecule has 1 aromatic heterocycles. The molecule has 0 radical (unpaired) electrons. The lowest BCUT2D eigenvalue weighted by Crippen LogP contribution is -2.16. The van der Waals surface area contributed by atoms with E-state index in [2.05, 4.69) is 227 Å². The summed E-state index contributed by atoms with van der Waals surface area (Å²) in [5.41, 5.74) is 22.8. The van der Waals surface area contributed by atoms with E-state index in [1.807, 2.05) is 6.07 Å². The third kappa shape index (κ3) is 5.49. The van der Waals surface area contributed by atoms with E-state index >= 15 is 0 Å². The van der Waals surface area contributed by atoms with Gasteiger partial charge >= 0.3 is 0 Å². The number of anilines is 3. The van der Waals surface area contributed by atoms with Crippen LogP contribution in [0.15, 0.2) is 205 Å². The Morgan fingerprint density at radius 3 is 1.47 bits per heavy atom. The van der Waals surface area contributed by atoms with Gasteiger partial charge in [-0.05, 0) is 139 Å². The van der Waals surface area contributed by atoms with Crippen LogP contribution in [0, 0.1) is 0 Å². The van der Waals surface area contributed by atoms with Crippen molar-refractivity contribution in [2.24, 2.45) is 0 Å². The summed E-state index contributed by atoms with van der Waals surface area (Å²) in [6.45, 7) is 9.42. The van der Waals surface area contributed by atoms with Gasteiger partial charge in [0.25, 0.3) is 0 Å². The minimum absolute atomic E-state index is 0.103. The predicted octanol–water partition coefficient (Wildman–Crippen LogP) is 16.7. The molecule has 0 unspecified atom stereocenters. The average Bonchev–Trinajstić information content (AvgIpc) is 3.88. The standard InChI is InChI=1S/C60H45NO/c1-59(2)53-19-11-8-16-45(53)47-32-26-41(34-55(47)59)50-36-52-49-18-10-13-21-57(49)62-58(52)37-51(50)40-24-29-43(30-25-40)61(42-27-22-39(23-28-42)38-14-6-5-7-15-38)44-31-33-48-46-17-9-12-20-54(46)60(3,4)56(48)35-44/h5-37H,1-4H3. The van der Waals surface area contributed by atoms with Crippen molar-refractivity contribution < 1.29 is 4.42 Å². The van der Waals surface area contributed by atoms with Gasteiger partial charge in [0, 0.05) is 38.7 Å². The van der Waals surface area contributed by atoms with Crippen LogP contribution in [0.3, 0.4) is 0 Å². The van der Waals surface area contributed by atoms with E-state index in [4.69, 9.17) is 4.42 Å². The lowest BCUT2D eigenvalue weighted by Gasteiger charge is -2.28. The first-order chi connectivity index (χ1) is 30.2. The van der Waals surface area contributed by atoms with E-state index in [0.29, 0.717) is 0 Å². The second-order valence-electron chi connectivity index (χ2n) is 18.1. The molecule has 10 aromatic rings. The van der Waals surface area contributed by atoms with Crippen LogP contribution >= 0.6 is 0 Å². The van der Waals surface area contributed by atoms with E-state index in [1.165, 1.54) is 66.8 Å². The molecule has 0 N–H and O–H groups in total. The molecule has 0 fully saturated rings. The first kappa shape index (κ1) is 36.4. The highest BCUT2D eigenvalue weighted by atomic mass is 16.3. The van der Waals surface area contributed by atoms with Crippen molar-refractivity contribution in [3.05, 3.63) is 222 Å². The Morgan fingerprint density at radius 2 is 0.790 bits per heavy atom. The van der Waals surface area contributed by atoms with Gasteiger partial charge in [0.05, 0.1) is 0 Å². The van der Waals surface area contributed by atoms with Crippen LogP contribution in [-0.2, 0) is 10.8 Å². The summed E-state index contributed by atoms with van der Waals surface area (Å²) in [5.74, 6) is 0. The van der Waals surface area contributed by atoms with E-state index in [0.717, 1.165) is 50.1 Å². The topological polar surface area (TPSA) is 16.4 Å². The zero-order chi connectivity index (χ0) is 41.7. The second-order valence-corrected chi connectivity index (χ2v) is 18.1. The van der Waals surface area contributed by atoms with E-state index < -0.39 is 0 Å². The first-order valence-electron chi connectivity index (χ1n) is 21.7. The molecule has 2 aliphatic rings. The molecule has 1 heterocycles. The number of nitrogens with zero attached hydrogens (tertiary/aromatic N) is 1. The molecule has 0 bridgehead atoms. The van der Waals surface area contributed by atoms with Crippen molar-refractivity contribution in [2.45, 2.75) is 38.5 Å². The molecule has 9 aromatic carbocycles. The van der Waals surface area contributed by atoms with E-state index in [9.17, 15) is 0 Å². The molecular weight excluding hydrogens is 751 g/mol. The molecular formula is C60H45NO. The van der Waals surface area contributed by atoms with Gasteiger partial charge in [-0.25, -0.2) is 0 Å². The normalized spacial score (nSPS) is 14.1. The smallest absolute Gasteiger partial charge is 0.136 e. The fraction of sp³-hybridized carbons (Fsp3) is 0.100. The van der Waals surface area contributed by atoms with Crippen LogP contribution in [0.25, 0.3) is 77.6 Å². The highest BCUT2D eigenvalue weighted by molar-refractivity contribution is 6.09. The first-order valence-corrected chi connectivity index (χ1v) is 21.7. The molecule has 0 saturated heterocycles. The summed E-state index contributed by atoms with van der Waals surface area (Å²) in [4.78, 5) is 2.40. The maximum atomic E-state index is 6.54. The molecule has 0 atom stereocenters. The fourth-order valence-corrected chi connectivity index (χ4v) is 10.6. The minimum Gasteiger partial charge on any atom is -0.456 e. The molecule has 2 aliphatic carbocycles. The molecule has 0 spiro atoms. The number of hydrogen-bond donors (Lipinski definition) is 0. The summed E-state index contributed by atoms with van der Waals surface area (Å²) >= 11 is 0. The second kappa shape index (κ2) is 13.5. The Labute approximate surface area is 363 Å². The van der Waals surface area contributed by atoms with E-state index in [1.54, 1.807) is 0 Å². The minimum atomic E-state index is -0.115. The summed E-state index contributed by atoms with van der Waals surface area (Å²) < 4.78 is 6.54. The van der Waals surface area contributed by atoms with Crippen molar-refractivity contribution in [1.82, 2.24) is 0 Å². The van der Waals surface area contributed by atoms with E-state index in [-0.39, 0.29) is 10.8 Å². The van der Waals surface area contributed by atoms with Crippen LogP contribution < -0.4 is 4.90 Å². The van der Waals surface area contributed by atoms with Gasteiger partial charge in [0.2, 0.25) is 0 Å². The van der Waals surface area contributed by atoms with Gasteiger partial charge in [0.1, 0.15) is 11.2 Å². The zero-order valence-corrected chi connectivity index (χ0v) is 35.4. The number of furan rings is 1. The number of rotatable bonds is 6. The average molecular weight is 796 g/mol. The van der Waals surface area contributed by atoms with Crippen molar-refractivity contribution in [3.63, 3.8) is 0 Å². The van der Waals surface area contributed by atoms with Crippen LogP contribution in [-0.4, -0.2) is 0 Å². The Morgan fingerprint density at radius 1 is 0.306 bits per heavy atom. The van der Waals surface area contributed by atoms with Gasteiger partial charge in [-0.3, -0.25) is 0 Å². The monoisotopic (exact) mass is 795 g/mol. The highest BCUT2D eigenvalue weighted by Crippen LogP contribution is 2.52. The third-order valence-electron chi connectivity index (χ3n) is 13.9. The predicted molar refractivity (Wildman–Crippen MR) is 260 cm³/mol. The van der Waals surface area contributed by atoms with Gasteiger partial charge < -0.3 is 9.32 Å². The summed E-state index contributed by atoms with van der Waals surface area (Å²) in [5, 5.41) is 2.26. The number of benzene rings is 9. The van der Waals surface area contributed by atoms with Crippen molar-refractivity contribution in [1.29, 1.82) is 0 Å². The largest absolute Gasteiger partial charge is 0.456 e. The molecule has 2 heteroatoms. The van der Waals surface area contributed by atoms with Crippen LogP contribution in [0.5, 0.6) is 0 Å². The highest BCUT2D eigenvalue weighted by Gasteiger charge is 2.37. The number of hydrogen-bond acceptors (Lipinski definition) is 2. The van der Waals surface area contributed by atoms with Crippen molar-refractivity contribution in [3.8, 4) is 55.6 Å². The molecule has 0 aliphatic heterocycles. The van der Waals surface area contributed by atoms with Crippen LogP contribution in [0.2, 0.25) is 0 Å². The zero-order valence-electron chi connectivity index (χ0n) is 35.4.